The highest BCUT2D eigenvalue weighted by Crippen LogP contribution is 1.91. The lowest BCUT2D eigenvalue weighted by atomic mass is 10.3. The van der Waals surface area contributed by atoms with E-state index < -0.39 is 0 Å². The number of guanidine groups is 1. The van der Waals surface area contributed by atoms with Crippen LogP contribution < -0.4 is 11.1 Å². The van der Waals surface area contributed by atoms with Gasteiger partial charge in [-0.1, -0.05) is 12.2 Å². The molecule has 0 aliphatic carbocycles. The van der Waals surface area contributed by atoms with Crippen LogP contribution in [-0.4, -0.2) is 31.6 Å². The molecule has 0 saturated carbocycles. The van der Waals surface area contributed by atoms with Crippen LogP contribution in [0.1, 0.15) is 26.7 Å². The summed E-state index contributed by atoms with van der Waals surface area (Å²) in [6, 6.07) is 0. The molecule has 0 radical (unpaired) electrons. The van der Waals surface area contributed by atoms with Gasteiger partial charge in [-0.2, -0.15) is 0 Å². The van der Waals surface area contributed by atoms with Crippen LogP contribution in [0.5, 0.6) is 0 Å². The fourth-order valence-corrected chi connectivity index (χ4v) is 0.958. The third kappa shape index (κ3) is 9.05. The third-order valence-electron chi connectivity index (χ3n) is 1.69. The van der Waals surface area contributed by atoms with Gasteiger partial charge in [0.2, 0.25) is 0 Å². The van der Waals surface area contributed by atoms with E-state index >= 15 is 0 Å². The number of aliphatic imine (C=N–C) groups is 1. The zero-order valence-electron chi connectivity index (χ0n) is 10.1. The molecule has 16 heavy (non-hydrogen) atoms. The molecule has 5 heteroatoms. The highest BCUT2D eigenvalue weighted by molar-refractivity contribution is 5.78. The van der Waals surface area contributed by atoms with Crippen LogP contribution in [0.2, 0.25) is 0 Å². The molecule has 0 fully saturated rings. The van der Waals surface area contributed by atoms with Gasteiger partial charge < -0.3 is 15.8 Å². The number of nitrogens with zero attached hydrogens (tertiary/aromatic N) is 1. The summed E-state index contributed by atoms with van der Waals surface area (Å²) < 4.78 is 4.79. The van der Waals surface area contributed by atoms with Crippen molar-refractivity contribution in [2.45, 2.75) is 26.7 Å². The zero-order chi connectivity index (χ0) is 12.4. The van der Waals surface area contributed by atoms with Crippen molar-refractivity contribution < 1.29 is 9.53 Å². The summed E-state index contributed by atoms with van der Waals surface area (Å²) in [6.07, 6.45) is 1.08. The number of esters is 1. The van der Waals surface area contributed by atoms with Gasteiger partial charge in [-0.3, -0.25) is 4.79 Å². The molecule has 0 spiro atoms. The summed E-state index contributed by atoms with van der Waals surface area (Å²) in [4.78, 5) is 15.0. The van der Waals surface area contributed by atoms with Crippen molar-refractivity contribution in [2.75, 3.05) is 19.7 Å². The first-order valence-electron chi connectivity index (χ1n) is 5.40. The second-order valence-corrected chi connectivity index (χ2v) is 3.49. The van der Waals surface area contributed by atoms with Crippen molar-refractivity contribution in [3.05, 3.63) is 12.2 Å². The Kier molecular flexibility index (Phi) is 7.93. The molecule has 0 aromatic carbocycles. The maximum atomic E-state index is 11.0. The predicted molar refractivity (Wildman–Crippen MR) is 65.2 cm³/mol. The van der Waals surface area contributed by atoms with Crippen molar-refractivity contribution >= 4 is 11.9 Å². The second kappa shape index (κ2) is 8.76. The van der Waals surface area contributed by atoms with Crippen molar-refractivity contribution in [1.29, 1.82) is 0 Å². The van der Waals surface area contributed by atoms with Gasteiger partial charge in [0.25, 0.3) is 0 Å². The van der Waals surface area contributed by atoms with Gasteiger partial charge >= 0.3 is 5.97 Å². The van der Waals surface area contributed by atoms with Gasteiger partial charge in [0.1, 0.15) is 0 Å². The van der Waals surface area contributed by atoms with Gasteiger partial charge in [-0.25, -0.2) is 4.99 Å². The van der Waals surface area contributed by atoms with E-state index in [9.17, 15) is 4.79 Å². The van der Waals surface area contributed by atoms with Crippen LogP contribution in [0.25, 0.3) is 0 Å². The van der Waals surface area contributed by atoms with E-state index in [1.54, 1.807) is 6.92 Å². The molecular formula is C11H21N3O2. The Bertz CT molecular complexity index is 262. The minimum Gasteiger partial charge on any atom is -0.466 e. The number of nitrogens with one attached hydrogen (secondary N) is 1. The maximum Gasteiger partial charge on any atom is 0.305 e. The Labute approximate surface area is 96.8 Å². The Morgan fingerprint density at radius 1 is 1.56 bits per heavy atom. The number of carbonyl (C=O) groups excluding carboxylic acids is 1. The van der Waals surface area contributed by atoms with Crippen LogP contribution in [0.3, 0.4) is 0 Å². The smallest absolute Gasteiger partial charge is 0.305 e. The van der Waals surface area contributed by atoms with E-state index in [2.05, 4.69) is 16.9 Å². The molecule has 0 aromatic heterocycles. The standard InChI is InChI=1S/C11H21N3O2/c1-4-16-10(15)6-5-7-13-11(12)14-8-9(2)3/h2,4-8H2,1,3H3,(H3,12,13,14). The molecule has 0 bridgehead atoms. The molecule has 0 aliphatic rings. The van der Waals surface area contributed by atoms with E-state index in [0.29, 0.717) is 38.5 Å². The molecule has 3 N–H and O–H groups in total. The number of ether oxygens (including phenoxy) is 1. The zero-order valence-corrected chi connectivity index (χ0v) is 10.1. The predicted octanol–water partition coefficient (Wildman–Crippen LogP) is 0.810. The Morgan fingerprint density at radius 2 is 2.25 bits per heavy atom. The average molecular weight is 227 g/mol. The Balaban J connectivity index is 3.54. The molecule has 0 rings (SSSR count). The van der Waals surface area contributed by atoms with Crippen LogP contribution in [0, 0.1) is 0 Å². The molecule has 0 amide bonds. The number of rotatable bonds is 7. The third-order valence-corrected chi connectivity index (χ3v) is 1.69. The number of carbonyl (C=O) groups is 1. The lowest BCUT2D eigenvalue weighted by Crippen LogP contribution is -2.32. The number of hydrogen-bond acceptors (Lipinski definition) is 3. The normalized spacial score (nSPS) is 11.0. The first-order chi connectivity index (χ1) is 7.56. The highest BCUT2D eigenvalue weighted by atomic mass is 16.5. The van der Waals surface area contributed by atoms with Gasteiger partial charge in [0.15, 0.2) is 5.96 Å². The van der Waals surface area contributed by atoms with Crippen molar-refractivity contribution in [3.8, 4) is 0 Å². The summed E-state index contributed by atoms with van der Waals surface area (Å²) in [5.74, 6) is 0.202. The largest absolute Gasteiger partial charge is 0.466 e. The summed E-state index contributed by atoms with van der Waals surface area (Å²) in [5.41, 5.74) is 6.53. The second-order valence-electron chi connectivity index (χ2n) is 3.49. The Morgan fingerprint density at radius 3 is 2.81 bits per heavy atom. The molecule has 0 saturated heterocycles. The molecule has 5 nitrogen and oxygen atoms in total. The van der Waals surface area contributed by atoms with Gasteiger partial charge in [-0.05, 0) is 20.3 Å². The SMILES string of the molecule is C=C(C)CN=C(N)NCCCC(=O)OCC. The molecule has 0 heterocycles. The van der Waals surface area contributed by atoms with Gasteiger partial charge in [0.05, 0.1) is 13.2 Å². The molecular weight excluding hydrogens is 206 g/mol. The van der Waals surface area contributed by atoms with E-state index in [0.717, 1.165) is 5.57 Å². The van der Waals surface area contributed by atoms with E-state index in [1.807, 2.05) is 6.92 Å². The van der Waals surface area contributed by atoms with E-state index in [1.165, 1.54) is 0 Å². The Hall–Kier alpha value is -1.52. The summed E-state index contributed by atoms with van der Waals surface area (Å²) in [7, 11) is 0. The minimum absolute atomic E-state index is 0.179. The lowest BCUT2D eigenvalue weighted by Gasteiger charge is -2.05. The van der Waals surface area contributed by atoms with Gasteiger partial charge in [-0.15, -0.1) is 0 Å². The van der Waals surface area contributed by atoms with Crippen LogP contribution in [0.4, 0.5) is 0 Å². The molecule has 0 aromatic rings. The summed E-state index contributed by atoms with van der Waals surface area (Å²) in [5, 5.41) is 2.91. The average Bonchev–Trinajstić information content (AvgIpc) is 2.22. The minimum atomic E-state index is -0.179. The molecule has 0 aliphatic heterocycles. The summed E-state index contributed by atoms with van der Waals surface area (Å²) >= 11 is 0. The molecule has 92 valence electrons. The topological polar surface area (TPSA) is 76.7 Å². The highest BCUT2D eigenvalue weighted by Gasteiger charge is 2.00. The molecule has 0 unspecified atom stereocenters. The van der Waals surface area contributed by atoms with Crippen molar-refractivity contribution in [2.24, 2.45) is 10.7 Å². The number of hydrogen-bond donors (Lipinski definition) is 2. The summed E-state index contributed by atoms with van der Waals surface area (Å²) in [6.45, 7) is 8.96. The lowest BCUT2D eigenvalue weighted by molar-refractivity contribution is -0.143. The van der Waals surface area contributed by atoms with Crippen molar-refractivity contribution in [3.63, 3.8) is 0 Å². The van der Waals surface area contributed by atoms with Crippen LogP contribution in [0.15, 0.2) is 17.1 Å². The molecule has 0 atom stereocenters. The van der Waals surface area contributed by atoms with Crippen LogP contribution in [-0.2, 0) is 9.53 Å². The fraction of sp³-hybridized carbons (Fsp3) is 0.636. The van der Waals surface area contributed by atoms with Crippen LogP contribution >= 0.6 is 0 Å². The fourth-order valence-electron chi connectivity index (χ4n) is 0.958. The van der Waals surface area contributed by atoms with Gasteiger partial charge in [0, 0.05) is 13.0 Å². The van der Waals surface area contributed by atoms with E-state index in [-0.39, 0.29) is 5.97 Å². The van der Waals surface area contributed by atoms with Crippen molar-refractivity contribution in [1.82, 2.24) is 5.32 Å². The quantitative estimate of drug-likeness (QED) is 0.222. The maximum absolute atomic E-state index is 11.0. The monoisotopic (exact) mass is 227 g/mol. The van der Waals surface area contributed by atoms with E-state index in [4.69, 9.17) is 10.5 Å². The first-order valence-corrected chi connectivity index (χ1v) is 5.40. The first kappa shape index (κ1) is 14.5. The number of nitrogens with two attached hydrogens (primary N) is 1.